The van der Waals surface area contributed by atoms with Crippen LogP contribution in [0.15, 0.2) is 34.7 Å². The Hall–Kier alpha value is -1.09. The van der Waals surface area contributed by atoms with E-state index in [1.807, 2.05) is 13.8 Å². The van der Waals surface area contributed by atoms with Crippen molar-refractivity contribution in [1.29, 1.82) is 0 Å². The number of hydrogen-bond acceptors (Lipinski definition) is 3. The molecule has 1 aliphatic heterocycles. The monoisotopic (exact) mass is 410 g/mol. The molecule has 0 bridgehead atoms. The summed E-state index contributed by atoms with van der Waals surface area (Å²) in [4.78, 5) is 1.66. The average Bonchev–Trinajstić information content (AvgIpc) is 2.53. The van der Waals surface area contributed by atoms with Gasteiger partial charge in [-0.25, -0.2) is 13.1 Å². The fraction of sp³-hybridized carbons (Fsp3) is 0.529. The molecule has 0 saturated carbocycles. The third kappa shape index (κ3) is 5.70. The highest BCUT2D eigenvalue weighted by atomic mass is 35.5. The summed E-state index contributed by atoms with van der Waals surface area (Å²) in [6.45, 7) is 6.27. The van der Waals surface area contributed by atoms with Gasteiger partial charge in [0.1, 0.15) is 4.90 Å². The average molecular weight is 411 g/mol. The SMILES string of the molecule is CC(C)=CCN1CCC(NS(=O)(=O)c2cc(C(F)(F)F)ccc2Cl)CC1. The minimum Gasteiger partial charge on any atom is -0.300 e. The fourth-order valence-corrected chi connectivity index (χ4v) is 4.54. The highest BCUT2D eigenvalue weighted by Gasteiger charge is 2.33. The first kappa shape index (κ1) is 21.2. The second-order valence-corrected chi connectivity index (χ2v) is 8.71. The Labute approximate surface area is 157 Å². The maximum absolute atomic E-state index is 12.9. The van der Waals surface area contributed by atoms with Crippen LogP contribution in [0.4, 0.5) is 13.2 Å². The zero-order valence-corrected chi connectivity index (χ0v) is 16.2. The van der Waals surface area contributed by atoms with E-state index in [9.17, 15) is 21.6 Å². The van der Waals surface area contributed by atoms with Crippen LogP contribution in [0.25, 0.3) is 0 Å². The summed E-state index contributed by atoms with van der Waals surface area (Å²) >= 11 is 5.84. The van der Waals surface area contributed by atoms with Crippen LogP contribution >= 0.6 is 11.6 Å². The van der Waals surface area contributed by atoms with Gasteiger partial charge in [0.15, 0.2) is 0 Å². The molecule has 1 heterocycles. The number of sulfonamides is 1. The van der Waals surface area contributed by atoms with Crippen LogP contribution in [-0.2, 0) is 16.2 Å². The summed E-state index contributed by atoms with van der Waals surface area (Å²) in [6.07, 6.45) is -1.35. The normalized spacial score (nSPS) is 17.3. The van der Waals surface area contributed by atoms with E-state index in [0.29, 0.717) is 32.0 Å². The Morgan fingerprint density at radius 3 is 2.46 bits per heavy atom. The van der Waals surface area contributed by atoms with Crippen molar-refractivity contribution in [2.24, 2.45) is 0 Å². The van der Waals surface area contributed by atoms with Gasteiger partial charge in [-0.15, -0.1) is 0 Å². The van der Waals surface area contributed by atoms with E-state index < -0.39 is 26.7 Å². The van der Waals surface area contributed by atoms with Crippen molar-refractivity contribution in [2.45, 2.75) is 43.8 Å². The molecule has 1 aromatic carbocycles. The summed E-state index contributed by atoms with van der Waals surface area (Å²) in [7, 11) is -4.13. The number of hydrogen-bond donors (Lipinski definition) is 1. The molecule has 1 N–H and O–H groups in total. The predicted octanol–water partition coefficient (Wildman–Crippen LogP) is 4.07. The van der Waals surface area contributed by atoms with Gasteiger partial charge in [-0.3, -0.25) is 4.90 Å². The van der Waals surface area contributed by atoms with E-state index in [0.717, 1.165) is 18.7 Å². The minimum atomic E-state index is -4.63. The summed E-state index contributed by atoms with van der Waals surface area (Å²) in [5.74, 6) is 0. The number of likely N-dealkylation sites (tertiary alicyclic amines) is 1. The molecule has 26 heavy (non-hydrogen) atoms. The van der Waals surface area contributed by atoms with E-state index >= 15 is 0 Å². The Balaban J connectivity index is 2.07. The van der Waals surface area contributed by atoms with Crippen molar-refractivity contribution in [1.82, 2.24) is 9.62 Å². The molecule has 1 aliphatic rings. The second kappa shape index (κ2) is 8.29. The smallest absolute Gasteiger partial charge is 0.300 e. The molecule has 146 valence electrons. The molecule has 0 amide bonds. The Bertz CT molecular complexity index is 767. The Morgan fingerprint density at radius 2 is 1.92 bits per heavy atom. The molecule has 4 nitrogen and oxygen atoms in total. The second-order valence-electron chi connectivity index (χ2n) is 6.62. The first-order valence-electron chi connectivity index (χ1n) is 8.24. The van der Waals surface area contributed by atoms with Gasteiger partial charge in [0.05, 0.1) is 10.6 Å². The molecule has 0 atom stereocenters. The van der Waals surface area contributed by atoms with Crippen LogP contribution in [0.2, 0.25) is 5.02 Å². The first-order chi connectivity index (χ1) is 12.0. The van der Waals surface area contributed by atoms with Crippen molar-refractivity contribution in [3.05, 3.63) is 40.4 Å². The molecule has 1 saturated heterocycles. The molecule has 1 aromatic rings. The lowest BCUT2D eigenvalue weighted by molar-refractivity contribution is -0.137. The maximum Gasteiger partial charge on any atom is 0.416 e. The zero-order valence-electron chi connectivity index (χ0n) is 14.6. The third-order valence-corrected chi connectivity index (χ3v) is 6.22. The summed E-state index contributed by atoms with van der Waals surface area (Å²) in [6, 6.07) is 1.98. The van der Waals surface area contributed by atoms with Gasteiger partial charge in [-0.05, 0) is 58.0 Å². The van der Waals surface area contributed by atoms with E-state index in [2.05, 4.69) is 15.7 Å². The number of allylic oxidation sites excluding steroid dienone is 1. The molecule has 0 aliphatic carbocycles. The topological polar surface area (TPSA) is 49.4 Å². The molecule has 1 fully saturated rings. The molecular weight excluding hydrogens is 389 g/mol. The number of nitrogens with one attached hydrogen (secondary N) is 1. The van der Waals surface area contributed by atoms with Gasteiger partial charge in [-0.2, -0.15) is 13.2 Å². The van der Waals surface area contributed by atoms with Crippen molar-refractivity contribution in [3.8, 4) is 0 Å². The van der Waals surface area contributed by atoms with E-state index in [-0.39, 0.29) is 11.1 Å². The molecule has 0 radical (unpaired) electrons. The van der Waals surface area contributed by atoms with Crippen LogP contribution < -0.4 is 4.72 Å². The number of piperidine rings is 1. The molecule has 0 unspecified atom stereocenters. The van der Waals surface area contributed by atoms with Crippen molar-refractivity contribution in [2.75, 3.05) is 19.6 Å². The largest absolute Gasteiger partial charge is 0.416 e. The zero-order chi connectivity index (χ0) is 19.5. The molecule has 9 heteroatoms. The molecular formula is C17H22ClF3N2O2S. The van der Waals surface area contributed by atoms with Crippen LogP contribution in [0.5, 0.6) is 0 Å². The predicted molar refractivity (Wildman–Crippen MR) is 95.7 cm³/mol. The van der Waals surface area contributed by atoms with E-state index in [4.69, 9.17) is 11.6 Å². The Morgan fingerprint density at radius 1 is 1.31 bits per heavy atom. The summed E-state index contributed by atoms with van der Waals surface area (Å²) in [5.41, 5.74) is 0.172. The number of alkyl halides is 3. The van der Waals surface area contributed by atoms with Gasteiger partial charge >= 0.3 is 6.18 Å². The van der Waals surface area contributed by atoms with Crippen LogP contribution in [0, 0.1) is 0 Å². The van der Waals surface area contributed by atoms with Crippen LogP contribution in [-0.4, -0.2) is 39.0 Å². The number of halogens is 4. The molecule has 0 spiro atoms. The lowest BCUT2D eigenvalue weighted by Gasteiger charge is -2.31. The van der Waals surface area contributed by atoms with Crippen LogP contribution in [0.3, 0.4) is 0 Å². The van der Waals surface area contributed by atoms with Gasteiger partial charge in [0.2, 0.25) is 10.0 Å². The first-order valence-corrected chi connectivity index (χ1v) is 10.1. The number of benzene rings is 1. The lowest BCUT2D eigenvalue weighted by Crippen LogP contribution is -2.44. The van der Waals surface area contributed by atoms with E-state index in [1.54, 1.807) is 0 Å². The van der Waals surface area contributed by atoms with Gasteiger partial charge in [0.25, 0.3) is 0 Å². The lowest BCUT2D eigenvalue weighted by atomic mass is 10.1. The van der Waals surface area contributed by atoms with Crippen molar-refractivity contribution in [3.63, 3.8) is 0 Å². The van der Waals surface area contributed by atoms with Crippen molar-refractivity contribution < 1.29 is 21.6 Å². The van der Waals surface area contributed by atoms with Gasteiger partial charge < -0.3 is 0 Å². The van der Waals surface area contributed by atoms with Crippen LogP contribution in [0.1, 0.15) is 32.3 Å². The van der Waals surface area contributed by atoms with Gasteiger partial charge in [0, 0.05) is 12.6 Å². The molecule has 0 aromatic heterocycles. The molecule has 2 rings (SSSR count). The summed E-state index contributed by atoms with van der Waals surface area (Å²) in [5, 5.41) is -0.230. The summed E-state index contributed by atoms with van der Waals surface area (Å²) < 4.78 is 66.1. The quantitative estimate of drug-likeness (QED) is 0.744. The number of rotatable bonds is 5. The highest BCUT2D eigenvalue weighted by molar-refractivity contribution is 7.89. The van der Waals surface area contributed by atoms with E-state index in [1.165, 1.54) is 5.57 Å². The standard InChI is InChI=1S/C17H22ClF3N2O2S/c1-12(2)5-8-23-9-6-14(7-10-23)22-26(24,25)16-11-13(17(19,20)21)3-4-15(16)18/h3-5,11,14,22H,6-10H2,1-2H3. The maximum atomic E-state index is 12.9. The highest BCUT2D eigenvalue weighted by Crippen LogP contribution is 2.33. The van der Waals surface area contributed by atoms with Crippen molar-refractivity contribution >= 4 is 21.6 Å². The fourth-order valence-electron chi connectivity index (χ4n) is 2.71. The number of nitrogens with zero attached hydrogens (tertiary/aromatic N) is 1. The van der Waals surface area contributed by atoms with Gasteiger partial charge in [-0.1, -0.05) is 23.3 Å². The Kier molecular flexibility index (Phi) is 6.76. The minimum absolute atomic E-state index is 0.230. The third-order valence-electron chi connectivity index (χ3n) is 4.22.